The van der Waals surface area contributed by atoms with E-state index < -0.39 is 30.5 Å². The molecule has 6 atom stereocenters. The van der Waals surface area contributed by atoms with Gasteiger partial charge in [0.15, 0.2) is 5.17 Å². The van der Waals surface area contributed by atoms with E-state index in [0.717, 1.165) is 0 Å². The lowest BCUT2D eigenvalue weighted by molar-refractivity contribution is -0.179. The lowest BCUT2D eigenvalue weighted by Gasteiger charge is -2.40. The molecule has 0 aromatic carbocycles. The average molecular weight is 274 g/mol. The molecule has 2 saturated heterocycles. The number of amidine groups is 1. The van der Waals surface area contributed by atoms with Gasteiger partial charge in [-0.15, -0.1) is 6.58 Å². The SMILES string of the molecule is C=CC(O)C1OC2SC(=NCC)NC2C(O)C1O. The lowest BCUT2D eigenvalue weighted by atomic mass is 9.95. The van der Waals surface area contributed by atoms with E-state index >= 15 is 0 Å². The van der Waals surface area contributed by atoms with Crippen molar-refractivity contribution in [1.82, 2.24) is 5.32 Å². The quantitative estimate of drug-likeness (QED) is 0.496. The van der Waals surface area contributed by atoms with E-state index in [-0.39, 0.29) is 5.44 Å². The maximum absolute atomic E-state index is 10.0. The van der Waals surface area contributed by atoms with E-state index in [1.54, 1.807) is 0 Å². The van der Waals surface area contributed by atoms with Crippen molar-refractivity contribution in [1.29, 1.82) is 0 Å². The Hall–Kier alpha value is -0.600. The summed E-state index contributed by atoms with van der Waals surface area (Å²) in [5, 5.41) is 33.4. The molecule has 7 heteroatoms. The predicted molar refractivity (Wildman–Crippen MR) is 69.4 cm³/mol. The topological polar surface area (TPSA) is 94.3 Å². The normalized spacial score (nSPS) is 43.3. The maximum Gasteiger partial charge on any atom is 0.159 e. The summed E-state index contributed by atoms with van der Waals surface area (Å²) in [6, 6.07) is -0.413. The standard InChI is InChI=1S/C11H18N2O4S/c1-3-5(14)9-8(16)7(15)6-10(17-9)18-11(13-6)12-4-2/h3,5-10,14-16H,1,4H2,2H3,(H,12,13). The van der Waals surface area contributed by atoms with Crippen molar-refractivity contribution in [3.8, 4) is 0 Å². The number of nitrogens with zero attached hydrogens (tertiary/aromatic N) is 1. The fourth-order valence-electron chi connectivity index (χ4n) is 2.07. The highest BCUT2D eigenvalue weighted by molar-refractivity contribution is 8.14. The minimum atomic E-state index is -1.16. The number of nitrogens with one attached hydrogen (secondary N) is 1. The molecular weight excluding hydrogens is 256 g/mol. The zero-order valence-corrected chi connectivity index (χ0v) is 10.9. The first-order valence-corrected chi connectivity index (χ1v) is 6.76. The predicted octanol–water partition coefficient (Wildman–Crippen LogP) is -0.939. The molecule has 0 saturated carbocycles. The molecule has 2 aliphatic heterocycles. The number of aliphatic hydroxyl groups excluding tert-OH is 3. The Morgan fingerprint density at radius 1 is 1.56 bits per heavy atom. The average Bonchev–Trinajstić information content (AvgIpc) is 2.76. The summed E-state index contributed by atoms with van der Waals surface area (Å²) >= 11 is 1.36. The molecule has 6 nitrogen and oxygen atoms in total. The summed E-state index contributed by atoms with van der Waals surface area (Å²) in [6.07, 6.45) is -2.76. The van der Waals surface area contributed by atoms with Gasteiger partial charge in [0.1, 0.15) is 29.9 Å². The largest absolute Gasteiger partial charge is 0.388 e. The van der Waals surface area contributed by atoms with Crippen LogP contribution in [-0.2, 0) is 4.74 Å². The Kier molecular flexibility index (Phi) is 4.29. The van der Waals surface area contributed by atoms with E-state index in [1.165, 1.54) is 17.8 Å². The highest BCUT2D eigenvalue weighted by Crippen LogP contribution is 2.34. The molecule has 18 heavy (non-hydrogen) atoms. The van der Waals surface area contributed by atoms with Crippen LogP contribution >= 0.6 is 11.8 Å². The number of hydrogen-bond donors (Lipinski definition) is 4. The Labute approximate surface area is 110 Å². The molecule has 2 rings (SSSR count). The van der Waals surface area contributed by atoms with Crippen LogP contribution in [-0.4, -0.2) is 62.9 Å². The molecule has 0 spiro atoms. The van der Waals surface area contributed by atoms with Crippen LogP contribution in [0.25, 0.3) is 0 Å². The Morgan fingerprint density at radius 2 is 2.28 bits per heavy atom. The van der Waals surface area contributed by atoms with Gasteiger partial charge in [-0.1, -0.05) is 17.8 Å². The Balaban J connectivity index is 2.13. The van der Waals surface area contributed by atoms with Gasteiger partial charge in [0.2, 0.25) is 0 Å². The molecule has 0 aliphatic carbocycles. The molecule has 0 aromatic heterocycles. The Morgan fingerprint density at radius 3 is 2.89 bits per heavy atom. The minimum absolute atomic E-state index is 0.367. The summed E-state index contributed by atoms with van der Waals surface area (Å²) in [7, 11) is 0. The van der Waals surface area contributed by atoms with Crippen molar-refractivity contribution in [2.24, 2.45) is 4.99 Å². The number of rotatable bonds is 3. The smallest absolute Gasteiger partial charge is 0.159 e. The van der Waals surface area contributed by atoms with Crippen LogP contribution in [0.1, 0.15) is 6.92 Å². The van der Waals surface area contributed by atoms with Crippen LogP contribution in [0.2, 0.25) is 0 Å². The third-order valence-corrected chi connectivity index (χ3v) is 4.14. The number of thioether (sulfide) groups is 1. The molecule has 2 fully saturated rings. The van der Waals surface area contributed by atoms with Crippen molar-refractivity contribution in [3.63, 3.8) is 0 Å². The van der Waals surface area contributed by atoms with Crippen molar-refractivity contribution >= 4 is 16.9 Å². The van der Waals surface area contributed by atoms with Gasteiger partial charge >= 0.3 is 0 Å². The summed E-state index contributed by atoms with van der Waals surface area (Å²) in [5.41, 5.74) is -0.367. The van der Waals surface area contributed by atoms with Gasteiger partial charge in [0.25, 0.3) is 0 Å². The number of aliphatic hydroxyl groups is 3. The summed E-state index contributed by atoms with van der Waals surface area (Å²) in [6.45, 7) is 6.00. The number of fused-ring (bicyclic) bond motifs is 1. The van der Waals surface area contributed by atoms with Gasteiger partial charge in [-0.2, -0.15) is 0 Å². The van der Waals surface area contributed by atoms with Gasteiger partial charge in [-0.3, -0.25) is 4.99 Å². The second-order valence-electron chi connectivity index (χ2n) is 4.24. The molecule has 0 amide bonds. The van der Waals surface area contributed by atoms with Crippen LogP contribution < -0.4 is 5.32 Å². The third kappa shape index (κ3) is 2.41. The first kappa shape index (κ1) is 13.8. The first-order valence-electron chi connectivity index (χ1n) is 5.88. The van der Waals surface area contributed by atoms with Crippen LogP contribution in [0.4, 0.5) is 0 Å². The fourth-order valence-corrected chi connectivity index (χ4v) is 3.26. The van der Waals surface area contributed by atoms with Crippen molar-refractivity contribution in [3.05, 3.63) is 12.7 Å². The van der Waals surface area contributed by atoms with Gasteiger partial charge in [-0.25, -0.2) is 0 Å². The van der Waals surface area contributed by atoms with Crippen LogP contribution in [0.15, 0.2) is 17.6 Å². The number of hydrogen-bond acceptors (Lipinski definition) is 6. The molecule has 6 unspecified atom stereocenters. The fraction of sp³-hybridized carbons (Fsp3) is 0.727. The van der Waals surface area contributed by atoms with Crippen molar-refractivity contribution in [2.45, 2.75) is 42.8 Å². The van der Waals surface area contributed by atoms with E-state index in [4.69, 9.17) is 4.74 Å². The molecule has 0 radical (unpaired) electrons. The van der Waals surface area contributed by atoms with Crippen molar-refractivity contribution < 1.29 is 20.1 Å². The van der Waals surface area contributed by atoms with E-state index in [9.17, 15) is 15.3 Å². The molecular formula is C11H18N2O4S. The van der Waals surface area contributed by atoms with E-state index in [0.29, 0.717) is 11.7 Å². The van der Waals surface area contributed by atoms with Gasteiger partial charge in [0.05, 0.1) is 6.04 Å². The van der Waals surface area contributed by atoms with Crippen LogP contribution in [0, 0.1) is 0 Å². The van der Waals surface area contributed by atoms with Crippen LogP contribution in [0.3, 0.4) is 0 Å². The molecule has 0 bridgehead atoms. The zero-order chi connectivity index (χ0) is 13.3. The van der Waals surface area contributed by atoms with Gasteiger partial charge < -0.3 is 25.4 Å². The van der Waals surface area contributed by atoms with Gasteiger partial charge in [0, 0.05) is 6.54 Å². The third-order valence-electron chi connectivity index (χ3n) is 3.04. The zero-order valence-electron chi connectivity index (χ0n) is 10.1. The molecule has 0 aromatic rings. The molecule has 2 aliphatic rings. The first-order chi connectivity index (χ1) is 8.58. The summed E-state index contributed by atoms with van der Waals surface area (Å²) in [5.74, 6) is 0. The Bertz CT molecular complexity index is 352. The highest BCUT2D eigenvalue weighted by Gasteiger charge is 2.50. The second kappa shape index (κ2) is 5.58. The number of ether oxygens (including phenoxy) is 1. The molecule has 4 N–H and O–H groups in total. The highest BCUT2D eigenvalue weighted by atomic mass is 32.2. The second-order valence-corrected chi connectivity index (χ2v) is 5.33. The van der Waals surface area contributed by atoms with Crippen LogP contribution in [0.5, 0.6) is 0 Å². The maximum atomic E-state index is 10.0. The summed E-state index contributed by atoms with van der Waals surface area (Å²) in [4.78, 5) is 4.21. The minimum Gasteiger partial charge on any atom is -0.388 e. The number of aliphatic imine (C=N–C) groups is 1. The lowest BCUT2D eigenvalue weighted by Crippen LogP contribution is -2.61. The monoisotopic (exact) mass is 274 g/mol. The molecule has 2 heterocycles. The van der Waals surface area contributed by atoms with E-state index in [2.05, 4.69) is 16.9 Å². The van der Waals surface area contributed by atoms with Gasteiger partial charge in [-0.05, 0) is 6.92 Å². The van der Waals surface area contributed by atoms with Crippen molar-refractivity contribution in [2.75, 3.05) is 6.54 Å². The summed E-state index contributed by atoms with van der Waals surface area (Å²) < 4.78 is 5.61. The molecule has 102 valence electrons. The van der Waals surface area contributed by atoms with E-state index in [1.807, 2.05) is 6.92 Å².